The smallest absolute Gasteiger partial charge is 0.321 e. The summed E-state index contributed by atoms with van der Waals surface area (Å²) in [5.74, 6) is -0.508. The number of amides is 1. The van der Waals surface area contributed by atoms with E-state index in [1.807, 2.05) is 42.5 Å². The average molecular weight is 392 g/mol. The van der Waals surface area contributed by atoms with Gasteiger partial charge in [0, 0.05) is 41.9 Å². The number of aliphatic hydroxyl groups excluding tert-OH is 1. The van der Waals surface area contributed by atoms with Gasteiger partial charge in [-0.25, -0.2) is 0 Å². The highest BCUT2D eigenvalue weighted by Crippen LogP contribution is 2.41. The van der Waals surface area contributed by atoms with Gasteiger partial charge < -0.3 is 20.3 Å². The Labute approximate surface area is 167 Å². The van der Waals surface area contributed by atoms with Gasteiger partial charge in [-0.3, -0.25) is 14.5 Å². The number of benzene rings is 2. The molecule has 2 unspecified atom stereocenters. The number of rotatable bonds is 3. The molecule has 3 N–H and O–H groups in total. The van der Waals surface area contributed by atoms with Crippen LogP contribution in [0.25, 0.3) is 11.3 Å². The van der Waals surface area contributed by atoms with Crippen molar-refractivity contribution in [1.29, 1.82) is 0 Å². The summed E-state index contributed by atoms with van der Waals surface area (Å²) in [6, 6.07) is 12.7. The third-order valence-electron chi connectivity index (χ3n) is 5.74. The van der Waals surface area contributed by atoms with Crippen molar-refractivity contribution in [3.8, 4) is 0 Å². The number of nitrogens with zero attached hydrogens (tertiary/aromatic N) is 1. The maximum Gasteiger partial charge on any atom is 0.321 e. The predicted octanol–water partition coefficient (Wildman–Crippen LogP) is 2.06. The zero-order valence-corrected chi connectivity index (χ0v) is 15.6. The molecule has 0 radical (unpaired) electrons. The van der Waals surface area contributed by atoms with E-state index in [-0.39, 0.29) is 12.3 Å². The second-order valence-corrected chi connectivity index (χ2v) is 7.66. The lowest BCUT2D eigenvalue weighted by atomic mass is 9.99. The Morgan fingerprint density at radius 2 is 2.03 bits per heavy atom. The van der Waals surface area contributed by atoms with Gasteiger partial charge in [-0.05, 0) is 11.6 Å². The third kappa shape index (κ3) is 2.99. The largest absolute Gasteiger partial charge is 0.487 e. The summed E-state index contributed by atoms with van der Waals surface area (Å²) in [7, 11) is 0. The minimum absolute atomic E-state index is 0.173. The van der Waals surface area contributed by atoms with Gasteiger partial charge in [-0.1, -0.05) is 36.4 Å². The topological polar surface area (TPSA) is 99.1 Å². The van der Waals surface area contributed by atoms with E-state index in [0.717, 1.165) is 27.9 Å². The normalized spacial score (nSPS) is 25.5. The Kier molecular flexibility index (Phi) is 4.15. The minimum Gasteiger partial charge on any atom is -0.487 e. The van der Waals surface area contributed by atoms with Crippen molar-refractivity contribution in [3.05, 3.63) is 64.7 Å². The lowest BCUT2D eigenvalue weighted by Gasteiger charge is -2.21. The molecule has 1 saturated heterocycles. The molecule has 2 aromatic carbocycles. The molecular weight excluding hydrogens is 372 g/mol. The molecule has 3 aliphatic heterocycles. The molecule has 0 saturated carbocycles. The molecular formula is C22H20N2O5. The predicted molar refractivity (Wildman–Crippen MR) is 106 cm³/mol. The molecule has 1 fully saturated rings. The number of fused-ring (bicyclic) bond motifs is 2. The van der Waals surface area contributed by atoms with Gasteiger partial charge in [0.05, 0.1) is 11.7 Å². The van der Waals surface area contributed by atoms with E-state index in [0.29, 0.717) is 31.0 Å². The Balaban J connectivity index is 1.46. The van der Waals surface area contributed by atoms with E-state index in [9.17, 15) is 19.8 Å². The van der Waals surface area contributed by atoms with E-state index in [1.165, 1.54) is 0 Å². The number of carbonyl (C=O) groups excluding carboxylic acids is 1. The molecule has 0 aromatic heterocycles. The summed E-state index contributed by atoms with van der Waals surface area (Å²) in [5.41, 5.74) is 4.96. The quantitative estimate of drug-likeness (QED) is 0.692. The number of carboxylic acids is 1. The number of para-hydroxylation sites is 1. The highest BCUT2D eigenvalue weighted by Gasteiger charge is 2.36. The van der Waals surface area contributed by atoms with Crippen LogP contribution in [-0.4, -0.2) is 45.7 Å². The highest BCUT2D eigenvalue weighted by molar-refractivity contribution is 6.36. The SMILES string of the molecule is O=C1Nc2ccccc2/C1=C1\OCc2cc(CN3CC(O)CC3C(=O)O)ccc21. The van der Waals surface area contributed by atoms with E-state index in [2.05, 4.69) is 5.32 Å². The molecule has 2 aromatic rings. The number of ether oxygens (including phenoxy) is 1. The monoisotopic (exact) mass is 392 g/mol. The number of hydrogen-bond acceptors (Lipinski definition) is 5. The van der Waals surface area contributed by atoms with Crippen molar-refractivity contribution in [2.75, 3.05) is 11.9 Å². The molecule has 29 heavy (non-hydrogen) atoms. The van der Waals surface area contributed by atoms with E-state index in [4.69, 9.17) is 4.74 Å². The summed E-state index contributed by atoms with van der Waals surface area (Å²) < 4.78 is 5.91. The van der Waals surface area contributed by atoms with Gasteiger partial charge in [0.1, 0.15) is 18.4 Å². The van der Waals surface area contributed by atoms with Crippen LogP contribution in [0.15, 0.2) is 42.5 Å². The molecule has 7 heteroatoms. The van der Waals surface area contributed by atoms with Crippen molar-refractivity contribution in [2.45, 2.75) is 31.7 Å². The van der Waals surface area contributed by atoms with Crippen molar-refractivity contribution in [2.24, 2.45) is 0 Å². The van der Waals surface area contributed by atoms with Crippen LogP contribution in [0.1, 0.15) is 28.7 Å². The van der Waals surface area contributed by atoms with Crippen LogP contribution in [0.4, 0.5) is 5.69 Å². The van der Waals surface area contributed by atoms with Crippen LogP contribution >= 0.6 is 0 Å². The first-order valence-corrected chi connectivity index (χ1v) is 9.56. The van der Waals surface area contributed by atoms with E-state index in [1.54, 1.807) is 4.90 Å². The lowest BCUT2D eigenvalue weighted by molar-refractivity contribution is -0.142. The van der Waals surface area contributed by atoms with Gasteiger partial charge in [0.2, 0.25) is 0 Å². The number of carboxylic acid groups (broad SMARTS) is 1. The van der Waals surface area contributed by atoms with Crippen LogP contribution in [0.3, 0.4) is 0 Å². The molecule has 0 bridgehead atoms. The van der Waals surface area contributed by atoms with Crippen LogP contribution in [0.2, 0.25) is 0 Å². The molecule has 0 aliphatic carbocycles. The first-order chi connectivity index (χ1) is 14.0. The summed E-state index contributed by atoms with van der Waals surface area (Å²) in [6.45, 7) is 1.15. The fraction of sp³-hybridized carbons (Fsp3) is 0.273. The molecule has 7 nitrogen and oxygen atoms in total. The molecule has 2 atom stereocenters. The van der Waals surface area contributed by atoms with Crippen molar-refractivity contribution >= 4 is 28.9 Å². The number of nitrogens with one attached hydrogen (secondary N) is 1. The number of aliphatic hydroxyl groups is 1. The van der Waals surface area contributed by atoms with Crippen LogP contribution in [-0.2, 0) is 27.5 Å². The first-order valence-electron chi connectivity index (χ1n) is 9.56. The average Bonchev–Trinajstić information content (AvgIpc) is 3.35. The Morgan fingerprint density at radius 1 is 1.21 bits per heavy atom. The Hall–Kier alpha value is -3.16. The fourth-order valence-corrected chi connectivity index (χ4v) is 4.41. The van der Waals surface area contributed by atoms with Crippen molar-refractivity contribution in [1.82, 2.24) is 4.90 Å². The molecule has 148 valence electrons. The van der Waals surface area contributed by atoms with E-state index < -0.39 is 18.1 Å². The van der Waals surface area contributed by atoms with Crippen LogP contribution < -0.4 is 5.32 Å². The molecule has 3 heterocycles. The van der Waals surface area contributed by atoms with Gasteiger partial charge in [-0.2, -0.15) is 0 Å². The second-order valence-electron chi connectivity index (χ2n) is 7.66. The van der Waals surface area contributed by atoms with Gasteiger partial charge >= 0.3 is 5.97 Å². The molecule has 1 amide bonds. The molecule has 0 spiro atoms. The first kappa shape index (κ1) is 17.9. The number of aliphatic carboxylic acids is 1. The zero-order chi connectivity index (χ0) is 20.1. The van der Waals surface area contributed by atoms with Gasteiger partial charge in [-0.15, -0.1) is 0 Å². The van der Waals surface area contributed by atoms with Gasteiger partial charge in [0.25, 0.3) is 5.91 Å². The van der Waals surface area contributed by atoms with E-state index >= 15 is 0 Å². The van der Waals surface area contributed by atoms with Crippen LogP contribution in [0, 0.1) is 0 Å². The summed E-state index contributed by atoms with van der Waals surface area (Å²) >= 11 is 0. The molecule has 5 rings (SSSR count). The van der Waals surface area contributed by atoms with Gasteiger partial charge in [0.15, 0.2) is 0 Å². The standard InChI is InChI=1S/C22H20N2O5/c25-14-8-18(22(27)28)24(10-14)9-12-5-6-15-13(7-12)11-29-20(15)19-16-3-1-2-4-17(16)23-21(19)26/h1-7,14,18,25H,8-11H2,(H,23,26)(H,27,28)/b20-19+. The fourth-order valence-electron chi connectivity index (χ4n) is 4.41. The maximum atomic E-state index is 12.5. The lowest BCUT2D eigenvalue weighted by Crippen LogP contribution is -2.35. The van der Waals surface area contributed by atoms with Crippen LogP contribution in [0.5, 0.6) is 0 Å². The summed E-state index contributed by atoms with van der Waals surface area (Å²) in [4.78, 5) is 25.7. The van der Waals surface area contributed by atoms with Crippen molar-refractivity contribution < 1.29 is 24.5 Å². The Bertz CT molecular complexity index is 1060. The van der Waals surface area contributed by atoms with Crippen molar-refractivity contribution in [3.63, 3.8) is 0 Å². The Morgan fingerprint density at radius 3 is 2.86 bits per heavy atom. The minimum atomic E-state index is -0.913. The number of β-amino-alcohol motifs (C(OH)–C–C–N with tert-alkyl or cyclic N) is 1. The number of anilines is 1. The number of carbonyl (C=O) groups is 2. The zero-order valence-electron chi connectivity index (χ0n) is 15.6. The third-order valence-corrected chi connectivity index (χ3v) is 5.74. The highest BCUT2D eigenvalue weighted by atomic mass is 16.5. The number of hydrogen-bond donors (Lipinski definition) is 3. The number of likely N-dealkylation sites (tertiary alicyclic amines) is 1. The summed E-state index contributed by atoms with van der Waals surface area (Å²) in [5, 5.41) is 22.1. The molecule has 3 aliphatic rings. The summed E-state index contributed by atoms with van der Waals surface area (Å²) in [6.07, 6.45) is -0.375. The second kappa shape index (κ2) is 6.72. The maximum absolute atomic E-state index is 12.5.